The van der Waals surface area contributed by atoms with E-state index in [2.05, 4.69) is 5.32 Å². The molecule has 0 saturated carbocycles. The number of halogens is 1. The lowest BCUT2D eigenvalue weighted by Crippen LogP contribution is -2.45. The Labute approximate surface area is 127 Å². The number of nitrogens with two attached hydrogens (primary N) is 1. The third-order valence-corrected chi connectivity index (χ3v) is 2.87. The molecule has 0 aliphatic rings. The van der Waals surface area contributed by atoms with Gasteiger partial charge in [-0.15, -0.1) is 0 Å². The Morgan fingerprint density at radius 3 is 2.64 bits per heavy atom. The first-order valence-corrected chi connectivity index (χ1v) is 6.91. The zero-order valence-electron chi connectivity index (χ0n) is 12.3. The number of hydrogen-bond donors (Lipinski definition) is 2. The van der Waals surface area contributed by atoms with E-state index in [0.717, 1.165) is 0 Å². The summed E-state index contributed by atoms with van der Waals surface area (Å²) in [6.45, 7) is 1.91. The van der Waals surface area contributed by atoms with E-state index in [4.69, 9.17) is 10.5 Å². The van der Waals surface area contributed by atoms with E-state index in [-0.39, 0.29) is 25.9 Å². The van der Waals surface area contributed by atoms with Crippen LogP contribution >= 0.6 is 0 Å². The molecule has 0 aliphatic heterocycles. The van der Waals surface area contributed by atoms with Gasteiger partial charge in [0.25, 0.3) is 0 Å². The summed E-state index contributed by atoms with van der Waals surface area (Å²) < 4.78 is 17.8. The Morgan fingerprint density at radius 2 is 2.05 bits per heavy atom. The zero-order chi connectivity index (χ0) is 16.5. The Kier molecular flexibility index (Phi) is 7.01. The molecule has 0 spiro atoms. The molecule has 2 amide bonds. The second-order valence-electron chi connectivity index (χ2n) is 4.66. The fourth-order valence-electron chi connectivity index (χ4n) is 1.84. The number of rotatable bonds is 8. The van der Waals surface area contributed by atoms with Crippen molar-refractivity contribution in [2.45, 2.75) is 32.2 Å². The summed E-state index contributed by atoms with van der Waals surface area (Å²) in [6, 6.07) is 4.72. The maximum Gasteiger partial charge on any atom is 0.306 e. The average Bonchev–Trinajstić information content (AvgIpc) is 2.45. The van der Waals surface area contributed by atoms with Gasteiger partial charge in [-0.1, -0.05) is 12.1 Å². The van der Waals surface area contributed by atoms with Crippen molar-refractivity contribution < 1.29 is 23.5 Å². The lowest BCUT2D eigenvalue weighted by Gasteiger charge is -2.15. The highest BCUT2D eigenvalue weighted by Gasteiger charge is 2.19. The van der Waals surface area contributed by atoms with Gasteiger partial charge in [0.15, 0.2) is 0 Å². The normalized spacial score (nSPS) is 11.5. The molecule has 3 N–H and O–H groups in total. The summed E-state index contributed by atoms with van der Waals surface area (Å²) in [6.07, 6.45) is -0.102. The minimum atomic E-state index is -0.962. The number of hydrogen-bond acceptors (Lipinski definition) is 4. The summed E-state index contributed by atoms with van der Waals surface area (Å²) in [5.41, 5.74) is 5.77. The summed E-state index contributed by atoms with van der Waals surface area (Å²) >= 11 is 0. The van der Waals surface area contributed by atoms with Crippen LogP contribution in [-0.2, 0) is 25.5 Å². The van der Waals surface area contributed by atoms with Gasteiger partial charge < -0.3 is 15.8 Å². The Bertz CT molecular complexity index is 548. The number of amides is 2. The molecule has 0 unspecified atom stereocenters. The van der Waals surface area contributed by atoms with Crippen LogP contribution in [0, 0.1) is 5.82 Å². The van der Waals surface area contributed by atoms with Crippen LogP contribution in [0.4, 0.5) is 4.39 Å². The van der Waals surface area contributed by atoms with Crippen molar-refractivity contribution in [3.05, 3.63) is 35.6 Å². The van der Waals surface area contributed by atoms with Gasteiger partial charge in [-0.3, -0.25) is 14.4 Å². The largest absolute Gasteiger partial charge is 0.466 e. The minimum Gasteiger partial charge on any atom is -0.466 e. The molecule has 22 heavy (non-hydrogen) atoms. The summed E-state index contributed by atoms with van der Waals surface area (Å²) in [7, 11) is 0. The molecule has 0 aromatic heterocycles. The zero-order valence-corrected chi connectivity index (χ0v) is 12.3. The molecule has 1 rings (SSSR count). The van der Waals surface area contributed by atoms with E-state index < -0.39 is 29.6 Å². The smallest absolute Gasteiger partial charge is 0.306 e. The molecule has 120 valence electrons. The van der Waals surface area contributed by atoms with Crippen molar-refractivity contribution in [3.8, 4) is 0 Å². The summed E-state index contributed by atoms with van der Waals surface area (Å²) in [4.78, 5) is 34.3. The fraction of sp³-hybridized carbons (Fsp3) is 0.400. The molecule has 0 radical (unpaired) electrons. The third kappa shape index (κ3) is 6.34. The molecule has 0 saturated heterocycles. The number of benzene rings is 1. The lowest BCUT2D eigenvalue weighted by molar-refractivity contribution is -0.144. The Hall–Kier alpha value is -2.44. The number of ether oxygens (including phenoxy) is 1. The second-order valence-corrected chi connectivity index (χ2v) is 4.66. The van der Waals surface area contributed by atoms with Gasteiger partial charge in [0, 0.05) is 12.8 Å². The van der Waals surface area contributed by atoms with Crippen LogP contribution in [0.15, 0.2) is 24.3 Å². The number of esters is 1. The predicted molar refractivity (Wildman–Crippen MR) is 77.1 cm³/mol. The van der Waals surface area contributed by atoms with Gasteiger partial charge in [-0.05, 0) is 24.6 Å². The molecular formula is C15H19FN2O4. The molecule has 1 aromatic rings. The van der Waals surface area contributed by atoms with Crippen LogP contribution in [-0.4, -0.2) is 30.4 Å². The molecule has 1 aromatic carbocycles. The third-order valence-electron chi connectivity index (χ3n) is 2.87. The topological polar surface area (TPSA) is 98.5 Å². The first-order chi connectivity index (χ1) is 10.4. The summed E-state index contributed by atoms with van der Waals surface area (Å²) in [5, 5.41) is 2.44. The highest BCUT2D eigenvalue weighted by molar-refractivity contribution is 5.88. The minimum absolute atomic E-state index is 0.0783. The fourth-order valence-corrected chi connectivity index (χ4v) is 1.84. The first kappa shape index (κ1) is 17.6. The molecule has 0 fully saturated rings. The van der Waals surface area contributed by atoms with Crippen molar-refractivity contribution in [1.29, 1.82) is 0 Å². The van der Waals surface area contributed by atoms with Gasteiger partial charge >= 0.3 is 5.97 Å². The van der Waals surface area contributed by atoms with Crippen LogP contribution in [0.3, 0.4) is 0 Å². The highest BCUT2D eigenvalue weighted by Crippen LogP contribution is 2.07. The van der Waals surface area contributed by atoms with Gasteiger partial charge in [0.05, 0.1) is 13.0 Å². The van der Waals surface area contributed by atoms with Crippen LogP contribution in [0.2, 0.25) is 0 Å². The van der Waals surface area contributed by atoms with E-state index in [1.165, 1.54) is 18.2 Å². The molecule has 0 bridgehead atoms. The standard InChI is InChI=1S/C15H19FN2O4/c1-2-22-14(20)7-6-13(19)18-12(15(17)21)9-10-4-3-5-11(16)8-10/h3-5,8,12H,2,6-7,9H2,1H3,(H2,17,21)(H,18,19)/t12-/m1/s1. The highest BCUT2D eigenvalue weighted by atomic mass is 19.1. The Balaban J connectivity index is 2.55. The molecule has 1 atom stereocenters. The molecule has 0 heterocycles. The molecule has 0 aliphatic carbocycles. The van der Waals surface area contributed by atoms with Crippen molar-refractivity contribution >= 4 is 17.8 Å². The number of carbonyl (C=O) groups is 3. The first-order valence-electron chi connectivity index (χ1n) is 6.91. The van der Waals surface area contributed by atoms with Crippen molar-refractivity contribution in [2.75, 3.05) is 6.61 Å². The van der Waals surface area contributed by atoms with Crippen LogP contribution in [0.1, 0.15) is 25.3 Å². The number of primary amides is 1. The van der Waals surface area contributed by atoms with Crippen LogP contribution in [0.25, 0.3) is 0 Å². The van der Waals surface area contributed by atoms with E-state index in [9.17, 15) is 18.8 Å². The molecule has 7 heteroatoms. The quantitative estimate of drug-likeness (QED) is 0.690. The Morgan fingerprint density at radius 1 is 1.32 bits per heavy atom. The maximum atomic E-state index is 13.1. The van der Waals surface area contributed by atoms with Gasteiger partial charge in [0.2, 0.25) is 11.8 Å². The van der Waals surface area contributed by atoms with E-state index in [1.54, 1.807) is 13.0 Å². The van der Waals surface area contributed by atoms with E-state index in [0.29, 0.717) is 5.56 Å². The summed E-state index contributed by atoms with van der Waals surface area (Å²) in [5.74, 6) is -2.14. The maximum absolute atomic E-state index is 13.1. The molecular weight excluding hydrogens is 291 g/mol. The van der Waals surface area contributed by atoms with E-state index >= 15 is 0 Å². The van der Waals surface area contributed by atoms with Crippen molar-refractivity contribution in [2.24, 2.45) is 5.73 Å². The van der Waals surface area contributed by atoms with Crippen LogP contribution < -0.4 is 11.1 Å². The van der Waals surface area contributed by atoms with Crippen molar-refractivity contribution in [1.82, 2.24) is 5.32 Å². The monoisotopic (exact) mass is 310 g/mol. The average molecular weight is 310 g/mol. The van der Waals surface area contributed by atoms with E-state index in [1.807, 2.05) is 0 Å². The predicted octanol–water partition coefficient (Wildman–Crippen LogP) is 0.682. The van der Waals surface area contributed by atoms with Gasteiger partial charge in [-0.2, -0.15) is 0 Å². The second kappa shape index (κ2) is 8.76. The van der Waals surface area contributed by atoms with Crippen molar-refractivity contribution in [3.63, 3.8) is 0 Å². The lowest BCUT2D eigenvalue weighted by atomic mass is 10.0. The molecule has 6 nitrogen and oxygen atoms in total. The SMILES string of the molecule is CCOC(=O)CCC(=O)N[C@H](Cc1cccc(F)c1)C(N)=O. The van der Waals surface area contributed by atoms with Gasteiger partial charge in [-0.25, -0.2) is 4.39 Å². The van der Waals surface area contributed by atoms with Crippen LogP contribution in [0.5, 0.6) is 0 Å². The van der Waals surface area contributed by atoms with Gasteiger partial charge in [0.1, 0.15) is 11.9 Å². The number of nitrogens with one attached hydrogen (secondary N) is 1. The number of carbonyl (C=O) groups excluding carboxylic acids is 3.